The van der Waals surface area contributed by atoms with Crippen LogP contribution < -0.4 is 15.1 Å². The van der Waals surface area contributed by atoms with E-state index in [1.54, 1.807) is 11.0 Å². The first-order chi connectivity index (χ1) is 16.8. The molecule has 0 saturated carbocycles. The fraction of sp³-hybridized carbons (Fsp3) is 0.241. The molecule has 2 heterocycles. The summed E-state index contributed by atoms with van der Waals surface area (Å²) in [6.07, 6.45) is 0.939. The number of hydrogen-bond donors (Lipinski definition) is 0. The van der Waals surface area contributed by atoms with Gasteiger partial charge in [-0.3, -0.25) is 14.5 Å². The molecule has 3 aromatic carbocycles. The quantitative estimate of drug-likeness (QED) is 0.267. The van der Waals surface area contributed by atoms with Crippen LogP contribution >= 0.6 is 15.9 Å². The topological polar surface area (TPSA) is 59.8 Å². The Kier molecular flexibility index (Phi) is 6.24. The van der Waals surface area contributed by atoms with Gasteiger partial charge in [0.1, 0.15) is 11.3 Å². The van der Waals surface area contributed by atoms with E-state index in [4.69, 9.17) is 9.15 Å². The van der Waals surface area contributed by atoms with Gasteiger partial charge in [0.05, 0.1) is 23.6 Å². The van der Waals surface area contributed by atoms with Crippen molar-refractivity contribution < 1.29 is 13.9 Å². The summed E-state index contributed by atoms with van der Waals surface area (Å²) in [7, 11) is 0. The number of hydrogen-bond acceptors (Lipinski definition) is 4. The Morgan fingerprint density at radius 2 is 1.83 bits per heavy atom. The van der Waals surface area contributed by atoms with Crippen LogP contribution in [0.4, 0.5) is 5.69 Å². The number of amides is 1. The third-order valence-corrected chi connectivity index (χ3v) is 6.74. The maximum atomic E-state index is 13.8. The Labute approximate surface area is 212 Å². The van der Waals surface area contributed by atoms with Crippen molar-refractivity contribution in [2.24, 2.45) is 5.92 Å². The normalized spacial score (nSPS) is 15.2. The molecule has 5 nitrogen and oxygen atoms in total. The van der Waals surface area contributed by atoms with Gasteiger partial charge in [-0.15, -0.1) is 0 Å². The lowest BCUT2D eigenvalue weighted by Crippen LogP contribution is -2.29. The Hall–Kier alpha value is -3.38. The maximum Gasteiger partial charge on any atom is 0.295 e. The van der Waals surface area contributed by atoms with Crippen LogP contribution in [0.25, 0.3) is 11.0 Å². The van der Waals surface area contributed by atoms with Gasteiger partial charge < -0.3 is 9.15 Å². The molecule has 1 aliphatic heterocycles. The van der Waals surface area contributed by atoms with Crippen LogP contribution in [0.1, 0.15) is 53.6 Å². The predicted molar refractivity (Wildman–Crippen MR) is 141 cm³/mol. The van der Waals surface area contributed by atoms with Gasteiger partial charge in [-0.05, 0) is 67.3 Å². The zero-order valence-corrected chi connectivity index (χ0v) is 21.5. The highest BCUT2D eigenvalue weighted by atomic mass is 79.9. The molecule has 0 spiro atoms. The van der Waals surface area contributed by atoms with E-state index >= 15 is 0 Å². The molecule has 0 saturated heterocycles. The lowest BCUT2D eigenvalue weighted by molar-refractivity contribution is 0.0971. The first kappa shape index (κ1) is 23.4. The molecule has 178 valence electrons. The smallest absolute Gasteiger partial charge is 0.295 e. The zero-order chi connectivity index (χ0) is 24.7. The minimum absolute atomic E-state index is 0.0856. The second kappa shape index (κ2) is 9.34. The fourth-order valence-electron chi connectivity index (χ4n) is 4.48. The highest BCUT2D eigenvalue weighted by molar-refractivity contribution is 9.10. The van der Waals surface area contributed by atoms with Crippen LogP contribution in [0.15, 0.2) is 80.4 Å². The van der Waals surface area contributed by atoms with Crippen molar-refractivity contribution in [3.63, 3.8) is 0 Å². The highest BCUT2D eigenvalue weighted by Gasteiger charge is 2.43. The Morgan fingerprint density at radius 1 is 1.03 bits per heavy atom. The van der Waals surface area contributed by atoms with Gasteiger partial charge in [0, 0.05) is 10.2 Å². The van der Waals surface area contributed by atoms with Gasteiger partial charge in [0.25, 0.3) is 5.91 Å². The van der Waals surface area contributed by atoms with Crippen molar-refractivity contribution in [1.82, 2.24) is 0 Å². The number of benzene rings is 3. The molecule has 0 fully saturated rings. The van der Waals surface area contributed by atoms with E-state index in [9.17, 15) is 9.59 Å². The molecule has 0 radical (unpaired) electrons. The van der Waals surface area contributed by atoms with Crippen LogP contribution in [-0.4, -0.2) is 12.5 Å². The molecule has 1 aromatic heterocycles. The molecule has 4 aromatic rings. The van der Waals surface area contributed by atoms with E-state index in [1.807, 2.05) is 67.6 Å². The van der Waals surface area contributed by atoms with Crippen LogP contribution in [-0.2, 0) is 0 Å². The number of fused-ring (bicyclic) bond motifs is 2. The fourth-order valence-corrected chi connectivity index (χ4v) is 4.87. The summed E-state index contributed by atoms with van der Waals surface area (Å²) in [6, 6.07) is 19.9. The number of aryl methyl sites for hydroxylation is 1. The van der Waals surface area contributed by atoms with E-state index in [2.05, 4.69) is 29.8 Å². The molecule has 6 heteroatoms. The first-order valence-electron chi connectivity index (χ1n) is 11.7. The van der Waals surface area contributed by atoms with E-state index in [-0.39, 0.29) is 17.1 Å². The van der Waals surface area contributed by atoms with E-state index in [1.165, 1.54) is 0 Å². The Morgan fingerprint density at radius 3 is 2.60 bits per heavy atom. The largest absolute Gasteiger partial charge is 0.494 e. The zero-order valence-electron chi connectivity index (χ0n) is 19.9. The second-order valence-electron chi connectivity index (χ2n) is 9.33. The number of rotatable bonds is 6. The minimum Gasteiger partial charge on any atom is -0.494 e. The van der Waals surface area contributed by atoms with Crippen LogP contribution in [0.3, 0.4) is 0 Å². The standard InChI is InChI=1S/C29H26BrNO4/c1-17(2)12-13-34-22-9-4-6-19(15-22)26-25-27(32)23-14-18(3)10-11-24(23)35-28(25)29(33)31(26)21-8-5-7-20(30)16-21/h4-11,14-17,26H,12-13H2,1-3H3. The van der Waals surface area contributed by atoms with Crippen molar-refractivity contribution in [2.45, 2.75) is 33.2 Å². The first-order valence-corrected chi connectivity index (χ1v) is 12.5. The van der Waals surface area contributed by atoms with Crippen molar-refractivity contribution in [2.75, 3.05) is 11.5 Å². The molecular weight excluding hydrogens is 506 g/mol. The third kappa shape index (κ3) is 4.39. The molecule has 1 aliphatic rings. The lowest BCUT2D eigenvalue weighted by atomic mass is 9.97. The molecule has 0 aliphatic carbocycles. The average Bonchev–Trinajstić information content (AvgIpc) is 3.12. The molecule has 1 atom stereocenters. The Balaban J connectivity index is 1.69. The molecule has 1 amide bonds. The third-order valence-electron chi connectivity index (χ3n) is 6.25. The molecule has 1 unspecified atom stereocenters. The predicted octanol–water partition coefficient (Wildman–Crippen LogP) is 7.04. The van der Waals surface area contributed by atoms with Gasteiger partial charge in [-0.25, -0.2) is 0 Å². The van der Waals surface area contributed by atoms with E-state index in [0.29, 0.717) is 40.5 Å². The van der Waals surface area contributed by atoms with Crippen LogP contribution in [0.5, 0.6) is 5.75 Å². The number of anilines is 1. The molecular formula is C29H26BrNO4. The number of nitrogens with zero attached hydrogens (tertiary/aromatic N) is 1. The summed E-state index contributed by atoms with van der Waals surface area (Å²) in [5.74, 6) is 0.987. The number of carbonyl (C=O) groups excluding carboxylic acids is 1. The van der Waals surface area contributed by atoms with Gasteiger partial charge in [-0.2, -0.15) is 0 Å². The summed E-state index contributed by atoms with van der Waals surface area (Å²) in [5, 5.41) is 0.474. The Bertz CT molecular complexity index is 1490. The number of ether oxygens (including phenoxy) is 1. The maximum absolute atomic E-state index is 13.8. The SMILES string of the molecule is Cc1ccc2oc3c(c(=O)c2c1)C(c1cccc(OCCC(C)C)c1)N(c1cccc(Br)c1)C3=O. The summed E-state index contributed by atoms with van der Waals surface area (Å²) >= 11 is 3.51. The summed E-state index contributed by atoms with van der Waals surface area (Å²) < 4.78 is 12.9. The monoisotopic (exact) mass is 531 g/mol. The molecule has 5 rings (SSSR count). The highest BCUT2D eigenvalue weighted by Crippen LogP contribution is 2.42. The van der Waals surface area contributed by atoms with E-state index in [0.717, 1.165) is 22.0 Å². The molecule has 35 heavy (non-hydrogen) atoms. The minimum atomic E-state index is -0.637. The molecule has 0 bridgehead atoms. The van der Waals surface area contributed by atoms with E-state index < -0.39 is 6.04 Å². The number of carbonyl (C=O) groups is 1. The summed E-state index contributed by atoms with van der Waals surface area (Å²) in [6.45, 7) is 6.84. The van der Waals surface area contributed by atoms with Crippen LogP contribution in [0.2, 0.25) is 0 Å². The summed E-state index contributed by atoms with van der Waals surface area (Å²) in [4.78, 5) is 29.2. The summed E-state index contributed by atoms with van der Waals surface area (Å²) in [5.41, 5.74) is 2.99. The van der Waals surface area contributed by atoms with Gasteiger partial charge in [0.15, 0.2) is 5.43 Å². The lowest BCUT2D eigenvalue weighted by Gasteiger charge is -2.25. The van der Waals surface area contributed by atoms with Gasteiger partial charge in [0.2, 0.25) is 5.76 Å². The number of halogens is 1. The van der Waals surface area contributed by atoms with Crippen LogP contribution in [0, 0.1) is 12.8 Å². The second-order valence-corrected chi connectivity index (χ2v) is 10.3. The van der Waals surface area contributed by atoms with Crippen molar-refractivity contribution in [1.29, 1.82) is 0 Å². The average molecular weight is 532 g/mol. The van der Waals surface area contributed by atoms with Gasteiger partial charge in [-0.1, -0.05) is 59.6 Å². The van der Waals surface area contributed by atoms with Crippen molar-refractivity contribution in [3.05, 3.63) is 104 Å². The van der Waals surface area contributed by atoms with Crippen molar-refractivity contribution in [3.8, 4) is 5.75 Å². The van der Waals surface area contributed by atoms with Gasteiger partial charge >= 0.3 is 0 Å². The molecule has 0 N–H and O–H groups in total. The van der Waals surface area contributed by atoms with Crippen molar-refractivity contribution >= 4 is 38.5 Å².